The number of β-lactam (4-membered cyclic amide) rings is 1. The summed E-state index contributed by atoms with van der Waals surface area (Å²) in [6.07, 6.45) is 0.939. The number of aromatic nitrogens is 1. The first-order valence-corrected chi connectivity index (χ1v) is 8.99. The van der Waals surface area contributed by atoms with Crippen molar-refractivity contribution in [1.82, 2.24) is 14.6 Å². The molecule has 27 heavy (non-hydrogen) atoms. The number of nitrogen functional groups attached to an aromatic ring is 1. The number of nitrogens with zero attached hydrogens (tertiary/aromatic N) is 4. The summed E-state index contributed by atoms with van der Waals surface area (Å²) in [6.45, 7) is 0. The van der Waals surface area contributed by atoms with Crippen molar-refractivity contribution in [2.75, 3.05) is 20.0 Å². The van der Waals surface area contributed by atoms with Gasteiger partial charge < -0.3 is 22.2 Å². The molecule has 1 fully saturated rings. The Morgan fingerprint density at radius 2 is 2.19 bits per heavy atom. The van der Waals surface area contributed by atoms with Gasteiger partial charge in [0.2, 0.25) is 0 Å². The van der Waals surface area contributed by atoms with Crippen molar-refractivity contribution in [3.8, 4) is 0 Å². The number of hydrogen-bond donors (Lipinski definition) is 3. The first-order chi connectivity index (χ1) is 12.2. The van der Waals surface area contributed by atoms with E-state index in [0.29, 0.717) is 0 Å². The Morgan fingerprint density at radius 3 is 2.67 bits per heavy atom. The van der Waals surface area contributed by atoms with Gasteiger partial charge in [-0.3, -0.25) is 14.1 Å². The molecule has 0 saturated carbocycles. The van der Waals surface area contributed by atoms with Gasteiger partial charge in [0.25, 0.3) is 11.8 Å². The van der Waals surface area contributed by atoms with E-state index in [2.05, 4.69) is 30.3 Å². The summed E-state index contributed by atoms with van der Waals surface area (Å²) in [6, 6.07) is -2.62. The van der Waals surface area contributed by atoms with E-state index in [-0.39, 0.29) is 51.8 Å². The van der Waals surface area contributed by atoms with Crippen LogP contribution in [-0.2, 0) is 29.6 Å². The maximum atomic E-state index is 12.4. The number of hydrogen-bond acceptors (Lipinski definition) is 11. The third kappa shape index (κ3) is 5.14. The maximum Gasteiger partial charge on any atom is 1.00 e. The van der Waals surface area contributed by atoms with Gasteiger partial charge in [-0.05, 0) is 0 Å². The van der Waals surface area contributed by atoms with Crippen LogP contribution in [0.5, 0.6) is 0 Å². The monoisotopic (exact) mass is 430 g/mol. The maximum absolute atomic E-state index is 12.4. The molecule has 2 heterocycles. The predicted octanol–water partition coefficient (Wildman–Crippen LogP) is -4.68. The topological polar surface area (TPSA) is 186 Å². The number of nitrogens with two attached hydrogens (primary N) is 1. The Bertz CT molecular complexity index is 877. The van der Waals surface area contributed by atoms with Crippen molar-refractivity contribution in [2.24, 2.45) is 10.3 Å². The van der Waals surface area contributed by atoms with Gasteiger partial charge in [0, 0.05) is 5.38 Å². The molecule has 4 N–H and O–H groups in total. The zero-order chi connectivity index (χ0) is 19.5. The van der Waals surface area contributed by atoms with Gasteiger partial charge in [0.1, 0.15) is 32.0 Å². The van der Waals surface area contributed by atoms with E-state index in [9.17, 15) is 18.0 Å². The molecule has 1 saturated heterocycles. The first kappa shape index (κ1) is 23.3. The fourth-order valence-corrected chi connectivity index (χ4v) is 3.44. The molecule has 1 aliphatic heterocycles. The summed E-state index contributed by atoms with van der Waals surface area (Å²) >= 11 is 1.06. The molecule has 0 aromatic carbocycles. The van der Waals surface area contributed by atoms with Crippen molar-refractivity contribution < 1.29 is 63.2 Å². The van der Waals surface area contributed by atoms with Crippen molar-refractivity contribution in [3.63, 3.8) is 0 Å². The van der Waals surface area contributed by atoms with Crippen LogP contribution in [0.1, 0.15) is 7.12 Å². The smallest absolute Gasteiger partial charge is 1.00 e. The van der Waals surface area contributed by atoms with E-state index in [1.54, 1.807) is 0 Å². The number of nitrogens with one attached hydrogen (secondary N) is 1. The minimum atomic E-state index is -4.84. The number of oxime groups is 2. The van der Waals surface area contributed by atoms with Crippen LogP contribution in [0.25, 0.3) is 0 Å². The van der Waals surface area contributed by atoms with Crippen LogP contribution in [0.2, 0.25) is 0 Å². The molecular formula is C11H15N6NaO7S2. The van der Waals surface area contributed by atoms with Crippen molar-refractivity contribution in [3.05, 3.63) is 11.1 Å². The predicted molar refractivity (Wildman–Crippen MR) is 90.8 cm³/mol. The second kappa shape index (κ2) is 9.43. The van der Waals surface area contributed by atoms with Crippen LogP contribution in [0, 0.1) is 0 Å². The molecular weight excluding hydrogens is 415 g/mol. The quantitative estimate of drug-likeness (QED) is 0.126. The molecule has 2 amide bonds. The Kier molecular flexibility index (Phi) is 8.12. The molecule has 1 aromatic rings. The van der Waals surface area contributed by atoms with Gasteiger partial charge in [-0.25, -0.2) is 9.29 Å². The first-order valence-electron chi connectivity index (χ1n) is 6.71. The molecule has 2 rings (SSSR count). The molecule has 13 nitrogen and oxygen atoms in total. The van der Waals surface area contributed by atoms with Crippen LogP contribution >= 0.6 is 11.3 Å². The summed E-state index contributed by atoms with van der Waals surface area (Å²) in [7, 11) is -2.45. The van der Waals surface area contributed by atoms with Crippen molar-refractivity contribution in [2.45, 2.75) is 12.1 Å². The van der Waals surface area contributed by atoms with Gasteiger partial charge in [-0.2, -0.15) is 8.42 Å². The zero-order valence-electron chi connectivity index (χ0n) is 15.4. The van der Waals surface area contributed by atoms with Crippen LogP contribution in [0.4, 0.5) is 5.13 Å². The van der Waals surface area contributed by atoms with Gasteiger partial charge in [0.05, 0.1) is 6.21 Å². The van der Waals surface area contributed by atoms with Crippen LogP contribution < -0.4 is 40.6 Å². The minimum absolute atomic E-state index is 0. The van der Waals surface area contributed by atoms with Crippen LogP contribution in [-0.4, -0.2) is 72.3 Å². The van der Waals surface area contributed by atoms with Gasteiger partial charge in [-0.15, -0.1) is 11.3 Å². The van der Waals surface area contributed by atoms with Crippen molar-refractivity contribution in [1.29, 1.82) is 0 Å². The minimum Gasteiger partial charge on any atom is -1.00 e. The second-order valence-electron chi connectivity index (χ2n) is 4.68. The fraction of sp³-hybridized carbons (Fsp3) is 0.364. The molecule has 0 radical (unpaired) electrons. The summed E-state index contributed by atoms with van der Waals surface area (Å²) < 4.78 is 31.8. The Morgan fingerprint density at radius 1 is 1.52 bits per heavy atom. The van der Waals surface area contributed by atoms with Gasteiger partial charge in [-0.1, -0.05) is 10.3 Å². The largest absolute Gasteiger partial charge is 1.00 e. The number of amides is 2. The third-order valence-electron chi connectivity index (χ3n) is 3.11. The Hall–Kier alpha value is -1.78. The Labute approximate surface area is 181 Å². The standard InChI is InChI=1S/C11H14N6O7S2.Na.H/c1-23-13-3-6-8(10(19)17(6)26(20,21)22)15-9(18)7(16-24-2)5-4-25-11(12)14-5;;/h3-4,6,8H,1-2H3,(H2,12,14)(H,15,18)(H,20,21,22);;/q;+1;-1/b13-3+,16-7-;;/t6-,8+;;/m1../s1. The normalized spacial score (nSPS) is 20.0. The van der Waals surface area contributed by atoms with Gasteiger partial charge >= 0.3 is 39.9 Å². The van der Waals surface area contributed by atoms with Gasteiger partial charge in [0.15, 0.2) is 10.8 Å². The number of carbonyl (C=O) groups is 2. The summed E-state index contributed by atoms with van der Waals surface area (Å²) in [5.41, 5.74) is 5.34. The second-order valence-corrected chi connectivity index (χ2v) is 6.86. The number of rotatable bonds is 7. The molecule has 2 atom stereocenters. The van der Waals surface area contributed by atoms with E-state index in [1.807, 2.05) is 0 Å². The van der Waals surface area contributed by atoms with E-state index in [1.165, 1.54) is 19.6 Å². The number of carbonyl (C=O) groups excluding carboxylic acids is 2. The van der Waals surface area contributed by atoms with E-state index in [0.717, 1.165) is 17.6 Å². The fourth-order valence-electron chi connectivity index (χ4n) is 2.07. The van der Waals surface area contributed by atoms with E-state index < -0.39 is 34.2 Å². The third-order valence-corrected chi connectivity index (χ3v) is 4.71. The molecule has 0 spiro atoms. The molecule has 0 aliphatic carbocycles. The van der Waals surface area contributed by atoms with Crippen molar-refractivity contribution >= 4 is 50.5 Å². The SMILES string of the molecule is CO/N=C(\C(=O)N[C@@H]1C(=O)N(S(=O)(=O)O)[C@@H]1/C=N/OC)c1csc(N)n1.[H-].[Na+]. The van der Waals surface area contributed by atoms with Crippen LogP contribution in [0.15, 0.2) is 15.7 Å². The molecule has 144 valence electrons. The molecule has 0 bridgehead atoms. The molecule has 16 heteroatoms. The zero-order valence-corrected chi connectivity index (χ0v) is 18.0. The number of thiazole rings is 1. The average Bonchev–Trinajstić information content (AvgIpc) is 2.98. The molecule has 1 aliphatic rings. The summed E-state index contributed by atoms with van der Waals surface area (Å²) in [5, 5.41) is 10.8. The Balaban J connectivity index is 0.00000364. The molecule has 1 aromatic heterocycles. The van der Waals surface area contributed by atoms with E-state index in [4.69, 9.17) is 10.3 Å². The molecule has 0 unspecified atom stereocenters. The average molecular weight is 430 g/mol. The summed E-state index contributed by atoms with van der Waals surface area (Å²) in [5.74, 6) is -1.94. The summed E-state index contributed by atoms with van der Waals surface area (Å²) in [4.78, 5) is 37.3. The number of anilines is 1. The van der Waals surface area contributed by atoms with Crippen LogP contribution in [0.3, 0.4) is 0 Å². The van der Waals surface area contributed by atoms with E-state index >= 15 is 0 Å².